The zero-order valence-corrected chi connectivity index (χ0v) is 7.75. The first-order valence-corrected chi connectivity index (χ1v) is 4.80. The molecule has 0 amide bonds. The first kappa shape index (κ1) is 7.99. The summed E-state index contributed by atoms with van der Waals surface area (Å²) in [6.45, 7) is 2.89. The van der Waals surface area contributed by atoms with Crippen LogP contribution < -0.4 is 10.9 Å². The van der Waals surface area contributed by atoms with Crippen molar-refractivity contribution in [2.75, 3.05) is 18.5 Å². The Balaban J connectivity index is 2.28. The largest absolute Gasteiger partial charge is 0.376 e. The molecule has 14 heavy (non-hydrogen) atoms. The van der Waals surface area contributed by atoms with Gasteiger partial charge in [-0.15, -0.1) is 0 Å². The number of ether oxygens (including phenoxy) is 1. The SMILES string of the molecule is O=c1nc2n(c3c1COCC3)CCN2. The Morgan fingerprint density at radius 1 is 1.50 bits per heavy atom. The molecule has 0 aromatic carbocycles. The molecule has 1 aromatic heterocycles. The summed E-state index contributed by atoms with van der Waals surface area (Å²) in [6, 6.07) is 0. The highest BCUT2D eigenvalue weighted by Crippen LogP contribution is 2.19. The highest BCUT2D eigenvalue weighted by molar-refractivity contribution is 5.36. The maximum Gasteiger partial charge on any atom is 0.280 e. The molecule has 3 rings (SSSR count). The molecule has 1 N–H and O–H groups in total. The highest BCUT2D eigenvalue weighted by atomic mass is 16.5. The average molecular weight is 193 g/mol. The van der Waals surface area contributed by atoms with E-state index in [0.717, 1.165) is 36.7 Å². The van der Waals surface area contributed by atoms with Gasteiger partial charge in [-0.25, -0.2) is 0 Å². The molecular weight excluding hydrogens is 182 g/mol. The number of hydrogen-bond donors (Lipinski definition) is 1. The topological polar surface area (TPSA) is 56.2 Å². The van der Waals surface area contributed by atoms with Crippen molar-refractivity contribution >= 4 is 5.95 Å². The van der Waals surface area contributed by atoms with Crippen LogP contribution in [0.5, 0.6) is 0 Å². The van der Waals surface area contributed by atoms with Gasteiger partial charge in [-0.3, -0.25) is 4.79 Å². The summed E-state index contributed by atoms with van der Waals surface area (Å²) in [5.74, 6) is 0.718. The van der Waals surface area contributed by atoms with E-state index in [1.807, 2.05) is 0 Å². The second kappa shape index (κ2) is 2.81. The number of nitrogens with zero attached hydrogens (tertiary/aromatic N) is 2. The van der Waals surface area contributed by atoms with Gasteiger partial charge in [0.15, 0.2) is 0 Å². The summed E-state index contributed by atoms with van der Waals surface area (Å²) in [5, 5.41) is 3.10. The van der Waals surface area contributed by atoms with Crippen molar-refractivity contribution < 1.29 is 4.74 Å². The van der Waals surface area contributed by atoms with E-state index in [1.165, 1.54) is 0 Å². The first-order valence-electron chi connectivity index (χ1n) is 4.80. The normalized spacial score (nSPS) is 18.6. The fraction of sp³-hybridized carbons (Fsp3) is 0.556. The van der Waals surface area contributed by atoms with Crippen molar-refractivity contribution in [3.05, 3.63) is 21.6 Å². The quantitative estimate of drug-likeness (QED) is 0.617. The third-order valence-corrected chi connectivity index (χ3v) is 2.74. The van der Waals surface area contributed by atoms with Gasteiger partial charge in [-0.2, -0.15) is 4.98 Å². The number of rotatable bonds is 0. The standard InChI is InChI=1S/C9H11N3O2/c13-8-6-5-14-4-1-7(6)12-3-2-10-9(12)11-8/h1-5H2,(H,10,11,13). The molecule has 0 unspecified atom stereocenters. The Labute approximate surface area is 80.7 Å². The van der Waals surface area contributed by atoms with Crippen LogP contribution in [0.4, 0.5) is 5.95 Å². The van der Waals surface area contributed by atoms with Crippen molar-refractivity contribution in [2.45, 2.75) is 19.6 Å². The Kier molecular flexibility index (Phi) is 1.61. The van der Waals surface area contributed by atoms with E-state index in [9.17, 15) is 4.79 Å². The van der Waals surface area contributed by atoms with E-state index >= 15 is 0 Å². The van der Waals surface area contributed by atoms with Crippen LogP contribution in [0.3, 0.4) is 0 Å². The fourth-order valence-electron chi connectivity index (χ4n) is 2.07. The van der Waals surface area contributed by atoms with E-state index in [-0.39, 0.29) is 5.56 Å². The molecule has 0 spiro atoms. The monoisotopic (exact) mass is 193 g/mol. The summed E-state index contributed by atoms with van der Waals surface area (Å²) in [6.07, 6.45) is 0.821. The molecule has 0 aliphatic carbocycles. The van der Waals surface area contributed by atoms with Crippen molar-refractivity contribution in [3.63, 3.8) is 0 Å². The lowest BCUT2D eigenvalue weighted by atomic mass is 10.1. The number of aromatic nitrogens is 2. The molecule has 3 heterocycles. The minimum absolute atomic E-state index is 0.139. The lowest BCUT2D eigenvalue weighted by molar-refractivity contribution is 0.106. The van der Waals surface area contributed by atoms with Gasteiger partial charge in [0.25, 0.3) is 5.56 Å². The van der Waals surface area contributed by atoms with Crippen molar-refractivity contribution in [1.29, 1.82) is 0 Å². The van der Waals surface area contributed by atoms with Gasteiger partial charge < -0.3 is 14.6 Å². The zero-order chi connectivity index (χ0) is 9.54. The summed E-state index contributed by atoms with van der Waals surface area (Å²) in [4.78, 5) is 15.6. The van der Waals surface area contributed by atoms with Crippen molar-refractivity contribution in [1.82, 2.24) is 9.55 Å². The molecule has 0 saturated heterocycles. The summed E-state index contributed by atoms with van der Waals surface area (Å²) in [5.41, 5.74) is 1.71. The van der Waals surface area contributed by atoms with Crippen molar-refractivity contribution in [3.8, 4) is 0 Å². The van der Waals surface area contributed by atoms with Gasteiger partial charge >= 0.3 is 0 Å². The molecule has 0 radical (unpaired) electrons. The minimum atomic E-state index is -0.139. The molecule has 2 aliphatic heterocycles. The minimum Gasteiger partial charge on any atom is -0.376 e. The molecule has 0 atom stereocenters. The van der Waals surface area contributed by atoms with Gasteiger partial charge in [-0.1, -0.05) is 0 Å². The second-order valence-corrected chi connectivity index (χ2v) is 3.55. The molecule has 5 heteroatoms. The van der Waals surface area contributed by atoms with E-state index in [0.29, 0.717) is 13.2 Å². The van der Waals surface area contributed by atoms with Crippen LogP contribution >= 0.6 is 0 Å². The third-order valence-electron chi connectivity index (χ3n) is 2.74. The summed E-state index contributed by atoms with van der Waals surface area (Å²) in [7, 11) is 0. The maximum atomic E-state index is 11.6. The van der Waals surface area contributed by atoms with Crippen LogP contribution in [0.15, 0.2) is 4.79 Å². The van der Waals surface area contributed by atoms with E-state index in [1.54, 1.807) is 0 Å². The number of fused-ring (bicyclic) bond motifs is 3. The molecule has 2 aliphatic rings. The second-order valence-electron chi connectivity index (χ2n) is 3.55. The van der Waals surface area contributed by atoms with Crippen LogP contribution in [-0.2, 0) is 24.3 Å². The number of anilines is 1. The Hall–Kier alpha value is -1.36. The maximum absolute atomic E-state index is 11.6. The van der Waals surface area contributed by atoms with Crippen LogP contribution in [-0.4, -0.2) is 22.7 Å². The predicted molar refractivity (Wildman–Crippen MR) is 50.3 cm³/mol. The van der Waals surface area contributed by atoms with Crippen LogP contribution in [0.1, 0.15) is 11.3 Å². The zero-order valence-electron chi connectivity index (χ0n) is 7.75. The Bertz CT molecular complexity index is 438. The average Bonchev–Trinajstić information content (AvgIpc) is 2.66. The molecule has 74 valence electrons. The van der Waals surface area contributed by atoms with Crippen LogP contribution in [0.2, 0.25) is 0 Å². The van der Waals surface area contributed by atoms with Gasteiger partial charge in [-0.05, 0) is 0 Å². The van der Waals surface area contributed by atoms with Crippen molar-refractivity contribution in [2.24, 2.45) is 0 Å². The number of hydrogen-bond acceptors (Lipinski definition) is 4. The molecule has 0 saturated carbocycles. The van der Waals surface area contributed by atoms with E-state index in [4.69, 9.17) is 4.74 Å². The molecule has 0 fully saturated rings. The first-order chi connectivity index (χ1) is 6.86. The summed E-state index contributed by atoms with van der Waals surface area (Å²) >= 11 is 0. The van der Waals surface area contributed by atoms with Gasteiger partial charge in [0.05, 0.1) is 18.8 Å². The lowest BCUT2D eigenvalue weighted by Crippen LogP contribution is -2.26. The fourth-order valence-corrected chi connectivity index (χ4v) is 2.07. The van der Waals surface area contributed by atoms with Gasteiger partial charge in [0.2, 0.25) is 5.95 Å². The third kappa shape index (κ3) is 0.988. The highest BCUT2D eigenvalue weighted by Gasteiger charge is 2.22. The lowest BCUT2D eigenvalue weighted by Gasteiger charge is -2.19. The van der Waals surface area contributed by atoms with Crippen LogP contribution in [0.25, 0.3) is 0 Å². The molecule has 1 aromatic rings. The molecular formula is C9H11N3O2. The molecule has 5 nitrogen and oxygen atoms in total. The molecule has 0 bridgehead atoms. The smallest absolute Gasteiger partial charge is 0.280 e. The van der Waals surface area contributed by atoms with Crippen LogP contribution in [0, 0.1) is 0 Å². The van der Waals surface area contributed by atoms with E-state index in [2.05, 4.69) is 14.9 Å². The Morgan fingerprint density at radius 3 is 3.36 bits per heavy atom. The van der Waals surface area contributed by atoms with Gasteiger partial charge in [0, 0.05) is 25.2 Å². The summed E-state index contributed by atoms with van der Waals surface area (Å²) < 4.78 is 7.36. The predicted octanol–water partition coefficient (Wildman–Crippen LogP) is -0.259. The van der Waals surface area contributed by atoms with E-state index < -0.39 is 0 Å². The Morgan fingerprint density at radius 2 is 2.43 bits per heavy atom. The number of nitrogens with one attached hydrogen (secondary N) is 1. The van der Waals surface area contributed by atoms with Gasteiger partial charge in [0.1, 0.15) is 0 Å².